The highest BCUT2D eigenvalue weighted by atomic mass is 32.2. The molecule has 0 N–H and O–H groups in total. The molecular weight excluding hydrogens is 368 g/mol. The molecule has 0 aliphatic heterocycles. The Morgan fingerprint density at radius 1 is 1.19 bits per heavy atom. The summed E-state index contributed by atoms with van der Waals surface area (Å²) in [5.74, 6) is -0.624. The van der Waals surface area contributed by atoms with Crippen LogP contribution in [0.25, 0.3) is 0 Å². The Morgan fingerprint density at radius 2 is 1.77 bits per heavy atom. The van der Waals surface area contributed by atoms with Crippen molar-refractivity contribution in [3.05, 3.63) is 35.4 Å². The van der Waals surface area contributed by atoms with E-state index < -0.39 is 10.9 Å². The average molecular weight is 397 g/mol. The zero-order chi connectivity index (χ0) is 19.9. The zero-order valence-electron chi connectivity index (χ0n) is 16.3. The Kier molecular flexibility index (Phi) is 8.77. The van der Waals surface area contributed by atoms with Crippen LogP contribution in [-0.2, 0) is 14.3 Å². The molecule has 2 atom stereocenters. The van der Waals surface area contributed by atoms with Crippen LogP contribution in [0.2, 0.25) is 0 Å². The van der Waals surface area contributed by atoms with E-state index in [1.807, 2.05) is 45.0 Å². The fourth-order valence-corrected chi connectivity index (χ4v) is 3.43. The van der Waals surface area contributed by atoms with Gasteiger partial charge in [-0.15, -0.1) is 0 Å². The molecule has 1 rings (SSSR count). The average Bonchev–Trinajstić information content (AvgIpc) is 2.54. The lowest BCUT2D eigenvalue weighted by molar-refractivity contribution is -0.154. The van der Waals surface area contributed by atoms with Gasteiger partial charge < -0.3 is 9.47 Å². The number of carbonyl (C=O) groups is 2. The standard InChI is InChI=1S/C20H28O4S2/c1-7-23-19(25)26-16(24-18(22)20(4,5)6)12-14(3)17(21)15-10-8-13(2)9-11-15/h8-11,14,16H,7,12H2,1-6H3. The van der Waals surface area contributed by atoms with Crippen LogP contribution in [0.3, 0.4) is 0 Å². The van der Waals surface area contributed by atoms with Gasteiger partial charge in [-0.1, -0.05) is 36.8 Å². The minimum absolute atomic E-state index is 0.0183. The van der Waals surface area contributed by atoms with Crippen LogP contribution in [0.4, 0.5) is 0 Å². The summed E-state index contributed by atoms with van der Waals surface area (Å²) in [6.45, 7) is 11.5. The maximum atomic E-state index is 12.7. The molecule has 0 saturated heterocycles. The van der Waals surface area contributed by atoms with Crippen LogP contribution in [0, 0.1) is 18.3 Å². The van der Waals surface area contributed by atoms with Gasteiger partial charge in [-0.3, -0.25) is 9.59 Å². The van der Waals surface area contributed by atoms with Crippen molar-refractivity contribution in [1.82, 2.24) is 0 Å². The normalized spacial score (nSPS) is 13.6. The van der Waals surface area contributed by atoms with Gasteiger partial charge in [0.15, 0.2) is 11.2 Å². The molecule has 0 heterocycles. The summed E-state index contributed by atoms with van der Waals surface area (Å²) in [5.41, 5.74) is 0.561. The Hall–Kier alpha value is -1.40. The van der Waals surface area contributed by atoms with Crippen molar-refractivity contribution < 1.29 is 19.1 Å². The number of hydrogen-bond acceptors (Lipinski definition) is 6. The number of Topliss-reactive ketones (excluding diaryl/α,β-unsaturated/α-hetero) is 1. The molecule has 1 aromatic carbocycles. The van der Waals surface area contributed by atoms with Gasteiger partial charge >= 0.3 is 5.97 Å². The van der Waals surface area contributed by atoms with Gasteiger partial charge in [-0.25, -0.2) is 0 Å². The molecule has 0 fully saturated rings. The van der Waals surface area contributed by atoms with E-state index in [0.717, 1.165) is 5.56 Å². The maximum Gasteiger partial charge on any atom is 0.312 e. The molecule has 0 spiro atoms. The first kappa shape index (κ1) is 22.6. The van der Waals surface area contributed by atoms with Crippen LogP contribution in [0.5, 0.6) is 0 Å². The van der Waals surface area contributed by atoms with E-state index in [9.17, 15) is 9.59 Å². The van der Waals surface area contributed by atoms with E-state index in [1.54, 1.807) is 20.8 Å². The number of benzene rings is 1. The molecule has 2 unspecified atom stereocenters. The lowest BCUT2D eigenvalue weighted by atomic mass is 9.95. The summed E-state index contributed by atoms with van der Waals surface area (Å²) in [5, 5.41) is 0. The van der Waals surface area contributed by atoms with Crippen LogP contribution >= 0.6 is 24.0 Å². The monoisotopic (exact) mass is 396 g/mol. The first-order chi connectivity index (χ1) is 12.0. The van der Waals surface area contributed by atoms with E-state index in [2.05, 4.69) is 0 Å². The lowest BCUT2D eigenvalue weighted by Crippen LogP contribution is -2.29. The van der Waals surface area contributed by atoms with Gasteiger partial charge in [0.1, 0.15) is 0 Å². The third-order valence-electron chi connectivity index (χ3n) is 3.67. The quantitative estimate of drug-likeness (QED) is 0.274. The smallest absolute Gasteiger partial charge is 0.312 e. The van der Waals surface area contributed by atoms with E-state index in [4.69, 9.17) is 21.7 Å². The van der Waals surface area contributed by atoms with Gasteiger partial charge in [0.25, 0.3) is 0 Å². The first-order valence-electron chi connectivity index (χ1n) is 8.70. The topological polar surface area (TPSA) is 52.6 Å². The highest BCUT2D eigenvalue weighted by Crippen LogP contribution is 2.28. The van der Waals surface area contributed by atoms with Gasteiger partial charge in [0.05, 0.1) is 12.0 Å². The summed E-state index contributed by atoms with van der Waals surface area (Å²) in [6.07, 6.45) is 0.367. The second-order valence-electron chi connectivity index (χ2n) is 7.25. The van der Waals surface area contributed by atoms with Crippen LogP contribution in [0.15, 0.2) is 24.3 Å². The predicted molar refractivity (Wildman–Crippen MR) is 110 cm³/mol. The highest BCUT2D eigenvalue weighted by Gasteiger charge is 2.30. The van der Waals surface area contributed by atoms with Crippen LogP contribution in [-0.4, -0.2) is 28.2 Å². The molecular formula is C20H28O4S2. The number of ether oxygens (including phenoxy) is 2. The number of thioether (sulfide) groups is 1. The van der Waals surface area contributed by atoms with Crippen molar-refractivity contribution >= 4 is 40.1 Å². The van der Waals surface area contributed by atoms with Gasteiger partial charge in [-0.05, 0) is 58.6 Å². The van der Waals surface area contributed by atoms with Crippen molar-refractivity contribution in [2.45, 2.75) is 53.4 Å². The summed E-state index contributed by atoms with van der Waals surface area (Å²) in [6, 6.07) is 7.47. The van der Waals surface area contributed by atoms with E-state index in [1.165, 1.54) is 11.8 Å². The molecule has 0 radical (unpaired) electrons. The van der Waals surface area contributed by atoms with Crippen molar-refractivity contribution in [3.8, 4) is 0 Å². The SMILES string of the molecule is CCOC(=S)SC(CC(C)C(=O)c1ccc(C)cc1)OC(=O)C(C)(C)C. The molecule has 0 aliphatic carbocycles. The van der Waals surface area contributed by atoms with Gasteiger partial charge in [0, 0.05) is 17.9 Å². The number of hydrogen-bond donors (Lipinski definition) is 0. The molecule has 4 nitrogen and oxygen atoms in total. The van der Waals surface area contributed by atoms with Crippen molar-refractivity contribution in [3.63, 3.8) is 0 Å². The first-order valence-corrected chi connectivity index (χ1v) is 9.98. The number of aryl methyl sites for hydroxylation is 1. The minimum atomic E-state index is -0.629. The molecule has 0 amide bonds. The lowest BCUT2D eigenvalue weighted by Gasteiger charge is -2.24. The number of esters is 1. The minimum Gasteiger partial charge on any atom is -0.479 e. The number of carbonyl (C=O) groups excluding carboxylic acids is 2. The largest absolute Gasteiger partial charge is 0.479 e. The second-order valence-corrected chi connectivity index (χ2v) is 9.01. The van der Waals surface area contributed by atoms with Crippen LogP contribution in [0.1, 0.15) is 57.0 Å². The third-order valence-corrected chi connectivity index (χ3v) is 4.94. The van der Waals surface area contributed by atoms with Crippen molar-refractivity contribution in [2.75, 3.05) is 6.61 Å². The molecule has 1 aromatic rings. The number of ketones is 1. The van der Waals surface area contributed by atoms with Crippen molar-refractivity contribution in [1.29, 1.82) is 0 Å². The highest BCUT2D eigenvalue weighted by molar-refractivity contribution is 8.22. The van der Waals surface area contributed by atoms with E-state index >= 15 is 0 Å². The molecule has 0 aromatic heterocycles. The molecule has 0 saturated carbocycles. The second kappa shape index (κ2) is 10.1. The van der Waals surface area contributed by atoms with E-state index in [-0.39, 0.29) is 17.7 Å². The summed E-state index contributed by atoms with van der Waals surface area (Å²) < 4.78 is 11.2. The number of rotatable bonds is 7. The molecule has 0 aliphatic rings. The fourth-order valence-electron chi connectivity index (χ4n) is 2.07. The summed E-state index contributed by atoms with van der Waals surface area (Å²) in [7, 11) is 0. The molecule has 6 heteroatoms. The number of thiocarbonyl (C=S) groups is 1. The van der Waals surface area contributed by atoms with Crippen LogP contribution < -0.4 is 0 Å². The van der Waals surface area contributed by atoms with Crippen molar-refractivity contribution in [2.24, 2.45) is 11.3 Å². The fraction of sp³-hybridized carbons (Fsp3) is 0.550. The summed E-state index contributed by atoms with van der Waals surface area (Å²) in [4.78, 5) is 24.9. The van der Waals surface area contributed by atoms with Gasteiger partial charge in [-0.2, -0.15) is 0 Å². The molecule has 144 valence electrons. The molecule has 0 bridgehead atoms. The molecule has 26 heavy (non-hydrogen) atoms. The Morgan fingerprint density at radius 3 is 2.27 bits per heavy atom. The summed E-state index contributed by atoms with van der Waals surface area (Å²) >= 11 is 6.34. The Balaban J connectivity index is 2.84. The van der Waals surface area contributed by atoms with Gasteiger partial charge in [0.2, 0.25) is 4.38 Å². The Bertz CT molecular complexity index is 632. The zero-order valence-corrected chi connectivity index (χ0v) is 18.0. The third kappa shape index (κ3) is 7.46. The predicted octanol–water partition coefficient (Wildman–Crippen LogP) is 5.17. The van der Waals surface area contributed by atoms with E-state index in [0.29, 0.717) is 23.0 Å². The Labute approximate surface area is 166 Å². The maximum absolute atomic E-state index is 12.7.